The third-order valence-electron chi connectivity index (χ3n) is 2.49. The number of carboxylic acids is 1. The summed E-state index contributed by atoms with van der Waals surface area (Å²) in [6.07, 6.45) is 0. The molecule has 0 aromatic heterocycles. The third kappa shape index (κ3) is 5.45. The van der Waals surface area contributed by atoms with Crippen LogP contribution in [0.5, 0.6) is 0 Å². The van der Waals surface area contributed by atoms with Crippen LogP contribution in [-0.2, 0) is 9.53 Å². The number of hydrogen-bond donors (Lipinski definition) is 2. The van der Waals surface area contributed by atoms with Crippen molar-refractivity contribution in [2.75, 3.05) is 32.1 Å². The van der Waals surface area contributed by atoms with E-state index in [1.54, 1.807) is 0 Å². The van der Waals surface area contributed by atoms with Crippen LogP contribution in [0.1, 0.15) is 0 Å². The number of nitrogens with one attached hydrogen (secondary N) is 1. The summed E-state index contributed by atoms with van der Waals surface area (Å²) in [5.74, 6) is -1.17. The molecule has 0 fully saturated rings. The molecule has 0 heterocycles. The lowest BCUT2D eigenvalue weighted by molar-refractivity contribution is -0.384. The molecule has 0 aliphatic carbocycles. The number of nitro benzene ring substituents is 1. The van der Waals surface area contributed by atoms with E-state index in [1.807, 2.05) is 0 Å². The number of hydrogen-bond acceptors (Lipinski definition) is 5. The van der Waals surface area contributed by atoms with E-state index in [9.17, 15) is 19.7 Å². The van der Waals surface area contributed by atoms with E-state index in [1.165, 1.54) is 31.4 Å². The van der Waals surface area contributed by atoms with Crippen LogP contribution in [0.3, 0.4) is 0 Å². The van der Waals surface area contributed by atoms with Crippen molar-refractivity contribution < 1.29 is 24.4 Å². The maximum Gasteiger partial charge on any atom is 0.323 e. The number of urea groups is 1. The number of carbonyl (C=O) groups excluding carboxylic acids is 1. The number of carboxylic acid groups (broad SMARTS) is 1. The maximum absolute atomic E-state index is 12.0. The van der Waals surface area contributed by atoms with Gasteiger partial charge in [-0.05, 0) is 6.07 Å². The van der Waals surface area contributed by atoms with Crippen LogP contribution in [0.4, 0.5) is 16.2 Å². The minimum Gasteiger partial charge on any atom is -0.480 e. The summed E-state index contributed by atoms with van der Waals surface area (Å²) in [4.78, 5) is 33.8. The van der Waals surface area contributed by atoms with Gasteiger partial charge in [0.1, 0.15) is 6.54 Å². The Kier molecular flexibility index (Phi) is 6.08. The number of carbonyl (C=O) groups is 2. The van der Waals surface area contributed by atoms with E-state index in [-0.39, 0.29) is 24.5 Å². The first kappa shape index (κ1) is 16.4. The summed E-state index contributed by atoms with van der Waals surface area (Å²) >= 11 is 0. The van der Waals surface area contributed by atoms with Crippen molar-refractivity contribution in [1.82, 2.24) is 4.90 Å². The molecular formula is C12H15N3O6. The van der Waals surface area contributed by atoms with Crippen LogP contribution < -0.4 is 5.32 Å². The number of ether oxygens (including phenoxy) is 1. The van der Waals surface area contributed by atoms with Crippen LogP contribution in [0.2, 0.25) is 0 Å². The predicted octanol–water partition coefficient (Wildman–Crippen LogP) is 1.16. The molecule has 9 nitrogen and oxygen atoms in total. The van der Waals surface area contributed by atoms with Crippen molar-refractivity contribution in [3.8, 4) is 0 Å². The molecule has 0 bridgehead atoms. The number of benzene rings is 1. The first-order valence-electron chi connectivity index (χ1n) is 5.95. The van der Waals surface area contributed by atoms with Crippen molar-refractivity contribution in [3.63, 3.8) is 0 Å². The Bertz CT molecular complexity index is 533. The zero-order chi connectivity index (χ0) is 15.8. The number of rotatable bonds is 7. The number of aliphatic carboxylic acids is 1. The van der Waals surface area contributed by atoms with Crippen molar-refractivity contribution in [1.29, 1.82) is 0 Å². The third-order valence-corrected chi connectivity index (χ3v) is 2.49. The van der Waals surface area contributed by atoms with Gasteiger partial charge in [0.2, 0.25) is 0 Å². The molecule has 1 rings (SSSR count). The lowest BCUT2D eigenvalue weighted by Gasteiger charge is -2.20. The van der Waals surface area contributed by atoms with Crippen LogP contribution in [0.15, 0.2) is 24.3 Å². The fourth-order valence-electron chi connectivity index (χ4n) is 1.52. The van der Waals surface area contributed by atoms with Crippen molar-refractivity contribution in [2.45, 2.75) is 0 Å². The van der Waals surface area contributed by atoms with Gasteiger partial charge in [-0.15, -0.1) is 0 Å². The molecule has 21 heavy (non-hydrogen) atoms. The molecule has 114 valence electrons. The second-order valence-electron chi connectivity index (χ2n) is 4.05. The first-order chi connectivity index (χ1) is 9.93. The molecule has 0 atom stereocenters. The van der Waals surface area contributed by atoms with Gasteiger partial charge < -0.3 is 20.1 Å². The average Bonchev–Trinajstić information content (AvgIpc) is 2.43. The zero-order valence-electron chi connectivity index (χ0n) is 11.3. The quantitative estimate of drug-likeness (QED) is 0.575. The Morgan fingerprint density at radius 1 is 1.48 bits per heavy atom. The molecule has 0 aliphatic rings. The van der Waals surface area contributed by atoms with Crippen molar-refractivity contribution >= 4 is 23.4 Å². The van der Waals surface area contributed by atoms with Crippen LogP contribution in [0, 0.1) is 10.1 Å². The minimum atomic E-state index is -1.17. The Balaban J connectivity index is 2.77. The van der Waals surface area contributed by atoms with Crippen LogP contribution in [-0.4, -0.2) is 53.7 Å². The second kappa shape index (κ2) is 7.80. The summed E-state index contributed by atoms with van der Waals surface area (Å²) in [6.45, 7) is -0.233. The maximum atomic E-state index is 12.0. The van der Waals surface area contributed by atoms with E-state index >= 15 is 0 Å². The van der Waals surface area contributed by atoms with E-state index in [0.717, 1.165) is 4.90 Å². The molecular weight excluding hydrogens is 282 g/mol. The van der Waals surface area contributed by atoms with E-state index in [4.69, 9.17) is 9.84 Å². The Morgan fingerprint density at radius 3 is 2.76 bits per heavy atom. The summed E-state index contributed by atoms with van der Waals surface area (Å²) in [6, 6.07) is 4.70. The fourth-order valence-corrected chi connectivity index (χ4v) is 1.52. The lowest BCUT2D eigenvalue weighted by atomic mass is 10.3. The minimum absolute atomic E-state index is 0.0869. The van der Waals surface area contributed by atoms with Crippen molar-refractivity contribution in [2.24, 2.45) is 0 Å². The van der Waals surface area contributed by atoms with Gasteiger partial charge in [0.15, 0.2) is 0 Å². The average molecular weight is 297 g/mol. The molecule has 0 saturated carbocycles. The highest BCUT2D eigenvalue weighted by Gasteiger charge is 2.17. The largest absolute Gasteiger partial charge is 0.480 e. The summed E-state index contributed by atoms with van der Waals surface area (Å²) in [5.41, 5.74) is 0.0384. The second-order valence-corrected chi connectivity index (χ2v) is 4.05. The number of amides is 2. The smallest absolute Gasteiger partial charge is 0.323 e. The van der Waals surface area contributed by atoms with Gasteiger partial charge in [0.25, 0.3) is 5.69 Å². The van der Waals surface area contributed by atoms with E-state index < -0.39 is 23.5 Å². The van der Waals surface area contributed by atoms with Gasteiger partial charge in [-0.2, -0.15) is 0 Å². The number of methoxy groups -OCH3 is 1. The molecule has 9 heteroatoms. The highest BCUT2D eigenvalue weighted by atomic mass is 16.6. The van der Waals surface area contributed by atoms with Crippen LogP contribution in [0.25, 0.3) is 0 Å². The molecule has 1 aromatic rings. The monoisotopic (exact) mass is 297 g/mol. The van der Waals surface area contributed by atoms with E-state index in [2.05, 4.69) is 5.32 Å². The molecule has 2 N–H and O–H groups in total. The molecule has 1 aromatic carbocycles. The van der Waals surface area contributed by atoms with Gasteiger partial charge >= 0.3 is 12.0 Å². The Hall–Kier alpha value is -2.68. The molecule has 0 unspecified atom stereocenters. The van der Waals surface area contributed by atoms with Gasteiger partial charge in [-0.25, -0.2) is 4.79 Å². The predicted molar refractivity (Wildman–Crippen MR) is 73.2 cm³/mol. The van der Waals surface area contributed by atoms with Gasteiger partial charge in [-0.1, -0.05) is 6.07 Å². The zero-order valence-corrected chi connectivity index (χ0v) is 11.3. The molecule has 0 saturated heterocycles. The summed E-state index contributed by atoms with van der Waals surface area (Å²) in [7, 11) is 1.43. The van der Waals surface area contributed by atoms with Gasteiger partial charge in [-0.3, -0.25) is 14.9 Å². The molecule has 0 spiro atoms. The number of non-ortho nitro benzene ring substituents is 1. The fraction of sp³-hybridized carbons (Fsp3) is 0.333. The Labute approximate surface area is 120 Å². The van der Waals surface area contributed by atoms with Crippen LogP contribution >= 0.6 is 0 Å². The SMILES string of the molecule is COCCN(CC(=O)O)C(=O)Nc1cccc([N+](=O)[O-])c1. The highest BCUT2D eigenvalue weighted by molar-refractivity contribution is 5.91. The highest BCUT2D eigenvalue weighted by Crippen LogP contribution is 2.17. The molecule has 0 radical (unpaired) electrons. The molecule has 0 aliphatic heterocycles. The van der Waals surface area contributed by atoms with Gasteiger partial charge in [0.05, 0.1) is 11.5 Å². The number of nitrogens with zero attached hydrogens (tertiary/aromatic N) is 2. The summed E-state index contributed by atoms with van der Waals surface area (Å²) in [5, 5.41) is 21.8. The first-order valence-corrected chi connectivity index (χ1v) is 5.95. The Morgan fingerprint density at radius 2 is 2.19 bits per heavy atom. The number of anilines is 1. The lowest BCUT2D eigenvalue weighted by Crippen LogP contribution is -2.40. The summed E-state index contributed by atoms with van der Waals surface area (Å²) < 4.78 is 4.80. The normalized spacial score (nSPS) is 9.95. The standard InChI is InChI=1S/C12H15N3O6/c1-21-6-5-14(8-11(16)17)12(18)13-9-3-2-4-10(7-9)15(19)20/h2-4,7H,5-6,8H2,1H3,(H,13,18)(H,16,17). The number of nitro groups is 1. The molecule has 2 amide bonds. The topological polar surface area (TPSA) is 122 Å². The van der Waals surface area contributed by atoms with E-state index in [0.29, 0.717) is 0 Å². The van der Waals surface area contributed by atoms with Gasteiger partial charge in [0, 0.05) is 31.5 Å². The van der Waals surface area contributed by atoms with Crippen molar-refractivity contribution in [3.05, 3.63) is 34.4 Å².